The topological polar surface area (TPSA) is 90.0 Å². The molecule has 0 unspecified atom stereocenters. The minimum atomic E-state index is -0.294. The summed E-state index contributed by atoms with van der Waals surface area (Å²) in [5.74, 6) is 0.207. The predicted molar refractivity (Wildman–Crippen MR) is 90.2 cm³/mol. The molecule has 116 valence electrons. The number of carbonyl (C=O) groups excluding carboxylic acids is 1. The van der Waals surface area contributed by atoms with Gasteiger partial charge in [-0.05, 0) is 43.3 Å². The Kier molecular flexibility index (Phi) is 3.80. The van der Waals surface area contributed by atoms with E-state index >= 15 is 0 Å². The molecule has 3 rings (SSSR count). The second kappa shape index (κ2) is 5.92. The van der Waals surface area contributed by atoms with E-state index in [1.165, 1.54) is 4.57 Å². The van der Waals surface area contributed by atoms with Crippen molar-refractivity contribution >= 4 is 28.2 Å². The van der Waals surface area contributed by atoms with Crippen molar-refractivity contribution in [2.75, 3.05) is 11.1 Å². The highest BCUT2D eigenvalue weighted by atomic mass is 16.2. The summed E-state index contributed by atoms with van der Waals surface area (Å²) in [5.41, 5.74) is 7.26. The third kappa shape index (κ3) is 3.06. The van der Waals surface area contributed by atoms with Crippen LogP contribution in [-0.4, -0.2) is 15.5 Å². The molecule has 0 fully saturated rings. The Morgan fingerprint density at radius 2 is 1.87 bits per heavy atom. The van der Waals surface area contributed by atoms with Crippen molar-refractivity contribution in [3.05, 3.63) is 64.7 Å². The lowest BCUT2D eigenvalue weighted by Crippen LogP contribution is -2.30. The molecular formula is C17H16N4O2. The van der Waals surface area contributed by atoms with Crippen molar-refractivity contribution in [2.24, 2.45) is 0 Å². The summed E-state index contributed by atoms with van der Waals surface area (Å²) in [7, 11) is 0. The second-order valence-electron chi connectivity index (χ2n) is 5.24. The third-order valence-corrected chi connectivity index (χ3v) is 3.55. The lowest BCUT2D eigenvalue weighted by molar-refractivity contribution is -0.116. The molecule has 0 aliphatic heterocycles. The molecule has 0 saturated heterocycles. The van der Waals surface area contributed by atoms with Crippen molar-refractivity contribution < 1.29 is 4.79 Å². The number of amides is 1. The second-order valence-corrected chi connectivity index (χ2v) is 5.24. The highest BCUT2D eigenvalue weighted by Gasteiger charge is 2.11. The maximum atomic E-state index is 12.5. The lowest BCUT2D eigenvalue weighted by atomic mass is 10.2. The largest absolute Gasteiger partial charge is 0.399 e. The number of anilines is 2. The van der Waals surface area contributed by atoms with Gasteiger partial charge in [0.2, 0.25) is 5.91 Å². The molecule has 0 aliphatic rings. The van der Waals surface area contributed by atoms with Crippen LogP contribution in [-0.2, 0) is 11.3 Å². The van der Waals surface area contributed by atoms with Gasteiger partial charge in [-0.15, -0.1) is 0 Å². The molecule has 1 heterocycles. The Hall–Kier alpha value is -3.15. The smallest absolute Gasteiger partial charge is 0.261 e. The number of nitrogen functional groups attached to an aromatic ring is 1. The number of carbonyl (C=O) groups is 1. The monoisotopic (exact) mass is 308 g/mol. The van der Waals surface area contributed by atoms with E-state index in [-0.39, 0.29) is 18.0 Å². The maximum Gasteiger partial charge on any atom is 0.261 e. The van der Waals surface area contributed by atoms with E-state index in [9.17, 15) is 9.59 Å². The van der Waals surface area contributed by atoms with Gasteiger partial charge in [0.05, 0.1) is 10.9 Å². The quantitative estimate of drug-likeness (QED) is 0.723. The van der Waals surface area contributed by atoms with Crippen LogP contribution in [0.4, 0.5) is 11.4 Å². The van der Waals surface area contributed by atoms with Gasteiger partial charge in [-0.25, -0.2) is 4.98 Å². The highest BCUT2D eigenvalue weighted by molar-refractivity contribution is 5.91. The molecule has 1 aromatic heterocycles. The van der Waals surface area contributed by atoms with Gasteiger partial charge in [0.25, 0.3) is 5.56 Å². The first-order chi connectivity index (χ1) is 11.0. The van der Waals surface area contributed by atoms with Crippen molar-refractivity contribution in [1.29, 1.82) is 0 Å². The third-order valence-electron chi connectivity index (χ3n) is 3.55. The minimum Gasteiger partial charge on any atom is -0.399 e. The van der Waals surface area contributed by atoms with Gasteiger partial charge >= 0.3 is 0 Å². The summed E-state index contributed by atoms with van der Waals surface area (Å²) in [6.07, 6.45) is 0. The average molecular weight is 308 g/mol. The summed E-state index contributed by atoms with van der Waals surface area (Å²) in [5, 5.41) is 3.24. The van der Waals surface area contributed by atoms with Crippen LogP contribution in [0.15, 0.2) is 53.3 Å². The van der Waals surface area contributed by atoms with Crippen LogP contribution in [0.2, 0.25) is 0 Å². The zero-order chi connectivity index (χ0) is 16.4. The van der Waals surface area contributed by atoms with Crippen LogP contribution in [0, 0.1) is 6.92 Å². The summed E-state index contributed by atoms with van der Waals surface area (Å²) in [6.45, 7) is 1.62. The van der Waals surface area contributed by atoms with Gasteiger partial charge in [0, 0.05) is 11.4 Å². The fraction of sp³-hybridized carbons (Fsp3) is 0.118. The number of hydrogen-bond acceptors (Lipinski definition) is 4. The molecule has 0 radical (unpaired) electrons. The van der Waals surface area contributed by atoms with Crippen molar-refractivity contribution in [2.45, 2.75) is 13.5 Å². The Bertz CT molecular complexity index is 929. The number of rotatable bonds is 3. The number of aryl methyl sites for hydroxylation is 1. The molecule has 6 heteroatoms. The first-order valence-electron chi connectivity index (χ1n) is 7.16. The standard InChI is InChI=1S/C17H16N4O2/c1-11-19-15-5-3-2-4-14(15)17(23)21(11)10-16(22)20-13-8-6-12(18)7-9-13/h2-9H,10,18H2,1H3,(H,20,22). The lowest BCUT2D eigenvalue weighted by Gasteiger charge is -2.11. The van der Waals surface area contributed by atoms with Crippen molar-refractivity contribution in [1.82, 2.24) is 9.55 Å². The molecule has 6 nitrogen and oxygen atoms in total. The predicted octanol–water partition coefficient (Wildman–Crippen LogP) is 1.93. The van der Waals surface area contributed by atoms with Crippen LogP contribution in [0.25, 0.3) is 10.9 Å². The van der Waals surface area contributed by atoms with Crippen LogP contribution < -0.4 is 16.6 Å². The SMILES string of the molecule is Cc1nc2ccccc2c(=O)n1CC(=O)Nc1ccc(N)cc1. The van der Waals surface area contributed by atoms with Gasteiger partial charge in [0.1, 0.15) is 12.4 Å². The number of nitrogens with zero attached hydrogens (tertiary/aromatic N) is 2. The van der Waals surface area contributed by atoms with Gasteiger partial charge in [-0.3, -0.25) is 14.2 Å². The van der Waals surface area contributed by atoms with E-state index in [0.717, 1.165) is 0 Å². The number of fused-ring (bicyclic) bond motifs is 1. The fourth-order valence-corrected chi connectivity index (χ4v) is 2.38. The highest BCUT2D eigenvalue weighted by Crippen LogP contribution is 2.11. The fourth-order valence-electron chi connectivity index (χ4n) is 2.38. The molecule has 3 N–H and O–H groups in total. The van der Waals surface area contributed by atoms with Crippen molar-refractivity contribution in [3.63, 3.8) is 0 Å². The van der Waals surface area contributed by atoms with Gasteiger partial charge in [-0.1, -0.05) is 12.1 Å². The van der Waals surface area contributed by atoms with Gasteiger partial charge < -0.3 is 11.1 Å². The first-order valence-corrected chi connectivity index (χ1v) is 7.16. The number of nitrogens with one attached hydrogen (secondary N) is 1. The van der Waals surface area contributed by atoms with Gasteiger partial charge in [0.15, 0.2) is 0 Å². The number of aromatic nitrogens is 2. The van der Waals surface area contributed by atoms with Crippen LogP contribution >= 0.6 is 0 Å². The van der Waals surface area contributed by atoms with E-state index < -0.39 is 0 Å². The Balaban J connectivity index is 1.87. The number of nitrogens with two attached hydrogens (primary N) is 1. The Morgan fingerprint density at radius 1 is 1.17 bits per heavy atom. The molecule has 3 aromatic rings. The number of hydrogen-bond donors (Lipinski definition) is 2. The van der Waals surface area contributed by atoms with Crippen LogP contribution in [0.3, 0.4) is 0 Å². The summed E-state index contributed by atoms with van der Waals surface area (Å²) in [4.78, 5) is 29.1. The zero-order valence-corrected chi connectivity index (χ0v) is 12.6. The molecule has 0 atom stereocenters. The molecule has 0 bridgehead atoms. The van der Waals surface area contributed by atoms with E-state index in [0.29, 0.717) is 28.1 Å². The first kappa shape index (κ1) is 14.8. The van der Waals surface area contributed by atoms with E-state index in [4.69, 9.17) is 5.73 Å². The molecule has 23 heavy (non-hydrogen) atoms. The Labute approximate surface area is 132 Å². The molecule has 0 spiro atoms. The van der Waals surface area contributed by atoms with Crippen LogP contribution in [0.1, 0.15) is 5.82 Å². The molecule has 2 aromatic carbocycles. The van der Waals surface area contributed by atoms with Crippen LogP contribution in [0.5, 0.6) is 0 Å². The average Bonchev–Trinajstić information content (AvgIpc) is 2.54. The summed E-state index contributed by atoms with van der Waals surface area (Å²) in [6, 6.07) is 13.9. The van der Waals surface area contributed by atoms with Gasteiger partial charge in [-0.2, -0.15) is 0 Å². The zero-order valence-electron chi connectivity index (χ0n) is 12.6. The van der Waals surface area contributed by atoms with E-state index in [1.807, 2.05) is 6.07 Å². The Morgan fingerprint density at radius 3 is 2.61 bits per heavy atom. The number of benzene rings is 2. The summed E-state index contributed by atoms with van der Waals surface area (Å²) >= 11 is 0. The minimum absolute atomic E-state index is 0.0904. The van der Waals surface area contributed by atoms with E-state index in [2.05, 4.69) is 10.3 Å². The normalized spacial score (nSPS) is 10.7. The number of para-hydroxylation sites is 1. The molecule has 1 amide bonds. The molecule has 0 saturated carbocycles. The van der Waals surface area contributed by atoms with E-state index in [1.54, 1.807) is 49.4 Å². The molecule has 0 aliphatic carbocycles. The summed E-state index contributed by atoms with van der Waals surface area (Å²) < 4.78 is 1.37. The maximum absolute atomic E-state index is 12.5. The van der Waals surface area contributed by atoms with Crippen molar-refractivity contribution in [3.8, 4) is 0 Å². The molecular weight excluding hydrogens is 292 g/mol.